The molecule has 0 bridgehead atoms. The second kappa shape index (κ2) is 10.2. The van der Waals surface area contributed by atoms with E-state index in [-0.39, 0.29) is 11.9 Å². The van der Waals surface area contributed by atoms with Crippen molar-refractivity contribution >= 4 is 5.91 Å². The van der Waals surface area contributed by atoms with Crippen LogP contribution in [0.1, 0.15) is 31.7 Å². The average Bonchev–Trinajstić information content (AvgIpc) is 2.49. The summed E-state index contributed by atoms with van der Waals surface area (Å²) in [5.41, 5.74) is 6.71. The summed E-state index contributed by atoms with van der Waals surface area (Å²) >= 11 is 0. The SMILES string of the molecule is COc1ccc(COCCCNC(=O)CCC(C)N)cc1. The molecule has 0 saturated carbocycles. The van der Waals surface area contributed by atoms with Gasteiger partial charge < -0.3 is 20.5 Å². The van der Waals surface area contributed by atoms with E-state index in [1.54, 1.807) is 7.11 Å². The summed E-state index contributed by atoms with van der Waals surface area (Å²) in [4.78, 5) is 11.4. The minimum absolute atomic E-state index is 0.0578. The first-order valence-corrected chi connectivity index (χ1v) is 7.34. The molecular weight excluding hydrogens is 268 g/mol. The quantitative estimate of drug-likeness (QED) is 0.646. The van der Waals surface area contributed by atoms with Gasteiger partial charge in [-0.15, -0.1) is 0 Å². The Bertz CT molecular complexity index is 404. The van der Waals surface area contributed by atoms with Crippen molar-refractivity contribution in [1.82, 2.24) is 5.32 Å². The average molecular weight is 294 g/mol. The number of nitrogens with one attached hydrogen (secondary N) is 1. The van der Waals surface area contributed by atoms with E-state index in [2.05, 4.69) is 5.32 Å². The van der Waals surface area contributed by atoms with Gasteiger partial charge in [0.1, 0.15) is 5.75 Å². The van der Waals surface area contributed by atoms with E-state index in [0.717, 1.165) is 24.2 Å². The molecule has 1 atom stereocenters. The Kier molecular flexibility index (Phi) is 8.47. The Morgan fingerprint density at radius 1 is 1.33 bits per heavy atom. The van der Waals surface area contributed by atoms with Crippen LogP contribution in [0.15, 0.2) is 24.3 Å². The lowest BCUT2D eigenvalue weighted by molar-refractivity contribution is -0.121. The lowest BCUT2D eigenvalue weighted by atomic mass is 10.2. The highest BCUT2D eigenvalue weighted by Crippen LogP contribution is 2.11. The largest absolute Gasteiger partial charge is 0.497 e. The predicted molar refractivity (Wildman–Crippen MR) is 83.2 cm³/mol. The van der Waals surface area contributed by atoms with Gasteiger partial charge in [-0.25, -0.2) is 0 Å². The van der Waals surface area contributed by atoms with Crippen molar-refractivity contribution in [1.29, 1.82) is 0 Å². The van der Waals surface area contributed by atoms with Crippen molar-refractivity contribution < 1.29 is 14.3 Å². The molecule has 1 amide bonds. The van der Waals surface area contributed by atoms with Crippen molar-refractivity contribution in [3.05, 3.63) is 29.8 Å². The van der Waals surface area contributed by atoms with Crippen LogP contribution in [0.4, 0.5) is 0 Å². The molecule has 5 nitrogen and oxygen atoms in total. The van der Waals surface area contributed by atoms with Crippen LogP contribution < -0.4 is 15.8 Å². The number of methoxy groups -OCH3 is 1. The molecule has 1 aromatic rings. The van der Waals surface area contributed by atoms with Crippen LogP contribution in [-0.2, 0) is 16.1 Å². The second-order valence-electron chi connectivity index (χ2n) is 5.12. The number of rotatable bonds is 10. The number of hydrogen-bond donors (Lipinski definition) is 2. The van der Waals surface area contributed by atoms with Crippen molar-refractivity contribution in [2.45, 2.75) is 38.8 Å². The van der Waals surface area contributed by atoms with Crippen molar-refractivity contribution in [2.24, 2.45) is 5.73 Å². The molecule has 0 aromatic heterocycles. The summed E-state index contributed by atoms with van der Waals surface area (Å²) in [7, 11) is 1.65. The Labute approximate surface area is 126 Å². The minimum atomic E-state index is 0.0578. The maximum Gasteiger partial charge on any atom is 0.220 e. The zero-order chi connectivity index (χ0) is 15.5. The summed E-state index contributed by atoms with van der Waals surface area (Å²) in [6, 6.07) is 7.86. The smallest absolute Gasteiger partial charge is 0.220 e. The summed E-state index contributed by atoms with van der Waals surface area (Å²) in [6.07, 6.45) is 2.02. The predicted octanol–water partition coefficient (Wildman–Crippen LogP) is 1.85. The molecule has 0 heterocycles. The Balaban J connectivity index is 2.02. The zero-order valence-electron chi connectivity index (χ0n) is 12.9. The first-order valence-electron chi connectivity index (χ1n) is 7.34. The molecule has 0 saturated heterocycles. The normalized spacial score (nSPS) is 12.0. The first kappa shape index (κ1) is 17.5. The maximum absolute atomic E-state index is 11.4. The van der Waals surface area contributed by atoms with Crippen LogP contribution >= 0.6 is 0 Å². The van der Waals surface area contributed by atoms with E-state index in [0.29, 0.717) is 26.2 Å². The van der Waals surface area contributed by atoms with Crippen LogP contribution in [0, 0.1) is 0 Å². The number of benzene rings is 1. The molecule has 1 aromatic carbocycles. The molecule has 3 N–H and O–H groups in total. The summed E-state index contributed by atoms with van der Waals surface area (Å²) in [5.74, 6) is 0.899. The van der Waals surface area contributed by atoms with Gasteiger partial charge in [0, 0.05) is 25.6 Å². The van der Waals surface area contributed by atoms with E-state index in [1.807, 2.05) is 31.2 Å². The fourth-order valence-electron chi connectivity index (χ4n) is 1.76. The van der Waals surface area contributed by atoms with E-state index in [4.69, 9.17) is 15.2 Å². The van der Waals surface area contributed by atoms with Gasteiger partial charge >= 0.3 is 0 Å². The van der Waals surface area contributed by atoms with Crippen molar-refractivity contribution in [3.8, 4) is 5.75 Å². The standard InChI is InChI=1S/C16H26N2O3/c1-13(17)4-9-16(19)18-10-3-11-21-12-14-5-7-15(20-2)8-6-14/h5-8,13H,3-4,9-12,17H2,1-2H3,(H,18,19). The monoisotopic (exact) mass is 294 g/mol. The molecule has 21 heavy (non-hydrogen) atoms. The molecule has 0 spiro atoms. The molecule has 0 aliphatic heterocycles. The van der Waals surface area contributed by atoms with E-state index in [1.165, 1.54) is 0 Å². The number of carbonyl (C=O) groups excluding carboxylic acids is 1. The Morgan fingerprint density at radius 3 is 2.67 bits per heavy atom. The molecule has 0 aliphatic rings. The van der Waals surface area contributed by atoms with E-state index in [9.17, 15) is 4.79 Å². The highest BCUT2D eigenvalue weighted by Gasteiger charge is 2.02. The highest BCUT2D eigenvalue weighted by molar-refractivity contribution is 5.75. The third-order valence-corrected chi connectivity index (χ3v) is 3.04. The second-order valence-corrected chi connectivity index (χ2v) is 5.12. The molecule has 1 unspecified atom stereocenters. The fourth-order valence-corrected chi connectivity index (χ4v) is 1.76. The molecule has 1 rings (SSSR count). The van der Waals surface area contributed by atoms with Gasteiger partial charge in [-0.3, -0.25) is 4.79 Å². The van der Waals surface area contributed by atoms with E-state index >= 15 is 0 Å². The fraction of sp³-hybridized carbons (Fsp3) is 0.562. The van der Waals surface area contributed by atoms with Crippen LogP contribution in [0.5, 0.6) is 5.75 Å². The summed E-state index contributed by atoms with van der Waals surface area (Å²) < 4.78 is 10.7. The van der Waals surface area contributed by atoms with Gasteiger partial charge in [0.25, 0.3) is 0 Å². The topological polar surface area (TPSA) is 73.6 Å². The van der Waals surface area contributed by atoms with Crippen LogP contribution in [0.2, 0.25) is 0 Å². The highest BCUT2D eigenvalue weighted by atomic mass is 16.5. The first-order chi connectivity index (χ1) is 10.1. The Hall–Kier alpha value is -1.59. The molecule has 118 valence electrons. The zero-order valence-corrected chi connectivity index (χ0v) is 12.9. The van der Waals surface area contributed by atoms with Crippen LogP contribution in [0.25, 0.3) is 0 Å². The molecular formula is C16H26N2O3. The molecule has 0 fully saturated rings. The molecule has 0 radical (unpaired) electrons. The van der Waals surface area contributed by atoms with Gasteiger partial charge in [-0.1, -0.05) is 12.1 Å². The lowest BCUT2D eigenvalue weighted by Gasteiger charge is -2.08. The summed E-state index contributed by atoms with van der Waals surface area (Å²) in [6.45, 7) is 3.74. The minimum Gasteiger partial charge on any atom is -0.497 e. The number of hydrogen-bond acceptors (Lipinski definition) is 4. The Morgan fingerprint density at radius 2 is 2.05 bits per heavy atom. The lowest BCUT2D eigenvalue weighted by Crippen LogP contribution is -2.27. The third kappa shape index (κ3) is 8.32. The van der Waals surface area contributed by atoms with Gasteiger partial charge in [0.2, 0.25) is 5.91 Å². The number of carbonyl (C=O) groups is 1. The van der Waals surface area contributed by atoms with E-state index < -0.39 is 0 Å². The third-order valence-electron chi connectivity index (χ3n) is 3.04. The number of ether oxygens (including phenoxy) is 2. The van der Waals surface area contributed by atoms with Crippen LogP contribution in [-0.4, -0.2) is 32.2 Å². The maximum atomic E-state index is 11.4. The van der Waals surface area contributed by atoms with Crippen molar-refractivity contribution in [2.75, 3.05) is 20.3 Å². The number of amides is 1. The molecule has 5 heteroatoms. The van der Waals surface area contributed by atoms with Crippen molar-refractivity contribution in [3.63, 3.8) is 0 Å². The summed E-state index contributed by atoms with van der Waals surface area (Å²) in [5, 5.41) is 2.86. The van der Waals surface area contributed by atoms with Crippen LogP contribution in [0.3, 0.4) is 0 Å². The van der Waals surface area contributed by atoms with Gasteiger partial charge in [0.15, 0.2) is 0 Å². The molecule has 0 aliphatic carbocycles. The van der Waals surface area contributed by atoms with Gasteiger partial charge in [-0.05, 0) is 37.5 Å². The van der Waals surface area contributed by atoms with Gasteiger partial charge in [-0.2, -0.15) is 0 Å². The van der Waals surface area contributed by atoms with Gasteiger partial charge in [0.05, 0.1) is 13.7 Å². The number of nitrogens with two attached hydrogens (primary N) is 1.